The van der Waals surface area contributed by atoms with Crippen LogP contribution in [-0.2, 0) is 14.9 Å². The number of ether oxygens (including phenoxy) is 1. The number of nitrogens with zero attached hydrogens (tertiary/aromatic N) is 3. The van der Waals surface area contributed by atoms with Crippen LogP contribution in [-0.4, -0.2) is 58.4 Å². The summed E-state index contributed by atoms with van der Waals surface area (Å²) in [7, 11) is 0. The average Bonchev–Trinajstić information content (AvgIpc) is 3.08. The third-order valence-electron chi connectivity index (χ3n) is 6.29. The number of amides is 1. The minimum Gasteiger partial charge on any atom is -0.396 e. The molecule has 1 atom stereocenters. The van der Waals surface area contributed by atoms with Gasteiger partial charge >= 0.3 is 0 Å². The maximum Gasteiger partial charge on any atom is 0.279 e. The number of aliphatic hydroxyl groups excluding tert-OH is 1. The van der Waals surface area contributed by atoms with Gasteiger partial charge < -0.3 is 25.4 Å². The fourth-order valence-electron chi connectivity index (χ4n) is 4.46. The molecule has 1 amide bonds. The highest BCUT2D eigenvalue weighted by atomic mass is 32.1. The Hall–Kier alpha value is -2.62. The number of aliphatic hydroxyl groups is 1. The highest BCUT2D eigenvalue weighted by Gasteiger charge is 2.40. The van der Waals surface area contributed by atoms with Crippen LogP contribution in [0.4, 0.5) is 17.2 Å². The summed E-state index contributed by atoms with van der Waals surface area (Å²) in [6.07, 6.45) is 3.72. The second-order valence-corrected chi connectivity index (χ2v) is 9.02. The van der Waals surface area contributed by atoms with Gasteiger partial charge in [-0.25, -0.2) is 9.97 Å². The van der Waals surface area contributed by atoms with E-state index in [1.807, 2.05) is 19.1 Å². The van der Waals surface area contributed by atoms with Crippen molar-refractivity contribution >= 4 is 40.3 Å². The molecule has 0 aliphatic carbocycles. The zero-order valence-electron chi connectivity index (χ0n) is 18.4. The molecule has 2 aromatic rings. The van der Waals surface area contributed by atoms with Crippen LogP contribution in [0.2, 0.25) is 0 Å². The fraction of sp³-hybridized carbons (Fsp3) is 0.478. The predicted molar refractivity (Wildman–Crippen MR) is 127 cm³/mol. The maximum atomic E-state index is 12.7. The monoisotopic (exact) mass is 455 g/mol. The Bertz CT molecular complexity index is 1010. The van der Waals surface area contributed by atoms with Crippen LogP contribution in [0.25, 0.3) is 0 Å². The van der Waals surface area contributed by atoms with Crippen molar-refractivity contribution in [2.75, 3.05) is 36.6 Å². The van der Waals surface area contributed by atoms with Crippen LogP contribution in [0.15, 0.2) is 30.6 Å². The van der Waals surface area contributed by atoms with Crippen LogP contribution in [0.3, 0.4) is 0 Å². The topological polar surface area (TPSA) is 99.6 Å². The second kappa shape index (κ2) is 9.48. The molecule has 0 saturated carbocycles. The summed E-state index contributed by atoms with van der Waals surface area (Å²) in [6, 6.07) is 8.21. The number of carbonyl (C=O) groups is 1. The number of para-hydroxylation sites is 1. The van der Waals surface area contributed by atoms with E-state index in [1.54, 1.807) is 0 Å². The molecule has 2 aliphatic heterocycles. The van der Waals surface area contributed by atoms with E-state index in [1.165, 1.54) is 6.33 Å². The van der Waals surface area contributed by atoms with E-state index >= 15 is 0 Å². The van der Waals surface area contributed by atoms with E-state index in [2.05, 4.69) is 44.6 Å². The number of aromatic nitrogens is 2. The van der Waals surface area contributed by atoms with Gasteiger partial charge in [0.25, 0.3) is 5.91 Å². The normalized spacial score (nSPS) is 20.7. The standard InChI is InChI=1S/C23H29N5O3S/c1-15-19(27-22(32)21(30)26-16-7-11-31-12-8-16)20(25-14-24-15)28-13-23(2,9-10-29)17-5-3-4-6-18(17)28/h3-6,14,16,29H,7-13H2,1-2H3,(H,26,30)(H,27,32). The summed E-state index contributed by atoms with van der Waals surface area (Å²) >= 11 is 5.42. The minimum atomic E-state index is -0.312. The molecule has 1 aromatic heterocycles. The Labute approximate surface area is 193 Å². The zero-order valence-corrected chi connectivity index (χ0v) is 19.2. The van der Waals surface area contributed by atoms with Gasteiger partial charge in [-0.1, -0.05) is 37.3 Å². The Morgan fingerprint density at radius 3 is 2.81 bits per heavy atom. The lowest BCUT2D eigenvalue weighted by Gasteiger charge is -2.27. The quantitative estimate of drug-likeness (QED) is 0.592. The van der Waals surface area contributed by atoms with E-state index in [0.717, 1.165) is 24.1 Å². The molecule has 170 valence electrons. The number of benzene rings is 1. The van der Waals surface area contributed by atoms with Crippen LogP contribution < -0.4 is 15.5 Å². The Kier molecular flexibility index (Phi) is 6.68. The molecule has 1 aromatic carbocycles. The van der Waals surface area contributed by atoms with Crippen LogP contribution >= 0.6 is 12.2 Å². The highest BCUT2D eigenvalue weighted by Crippen LogP contribution is 2.47. The second-order valence-electron chi connectivity index (χ2n) is 8.61. The first-order valence-electron chi connectivity index (χ1n) is 10.9. The molecule has 32 heavy (non-hydrogen) atoms. The lowest BCUT2D eigenvalue weighted by atomic mass is 9.82. The summed E-state index contributed by atoms with van der Waals surface area (Å²) in [6.45, 7) is 6.04. The number of thiocarbonyl (C=S) groups is 1. The van der Waals surface area contributed by atoms with Gasteiger partial charge in [0.05, 0.1) is 5.69 Å². The van der Waals surface area contributed by atoms with Gasteiger partial charge in [0.2, 0.25) is 0 Å². The molecule has 1 saturated heterocycles. The molecule has 0 spiro atoms. The van der Waals surface area contributed by atoms with Crippen molar-refractivity contribution in [3.8, 4) is 0 Å². The summed E-state index contributed by atoms with van der Waals surface area (Å²) in [5.74, 6) is 0.348. The molecule has 4 rings (SSSR count). The van der Waals surface area contributed by atoms with Crippen molar-refractivity contribution in [3.63, 3.8) is 0 Å². The lowest BCUT2D eigenvalue weighted by molar-refractivity contribution is -0.115. The highest BCUT2D eigenvalue weighted by molar-refractivity contribution is 7.82. The number of aryl methyl sites for hydroxylation is 1. The van der Waals surface area contributed by atoms with Crippen molar-refractivity contribution in [1.29, 1.82) is 0 Å². The largest absolute Gasteiger partial charge is 0.396 e. The van der Waals surface area contributed by atoms with Crippen molar-refractivity contribution in [2.45, 2.75) is 44.6 Å². The van der Waals surface area contributed by atoms with E-state index < -0.39 is 0 Å². The predicted octanol–water partition coefficient (Wildman–Crippen LogP) is 2.61. The first kappa shape index (κ1) is 22.6. The van der Waals surface area contributed by atoms with Crippen molar-refractivity contribution in [3.05, 3.63) is 41.9 Å². The van der Waals surface area contributed by atoms with Crippen molar-refractivity contribution in [1.82, 2.24) is 15.3 Å². The third kappa shape index (κ3) is 4.46. The summed E-state index contributed by atoms with van der Waals surface area (Å²) < 4.78 is 5.35. The number of hydrogen-bond acceptors (Lipinski definition) is 7. The van der Waals surface area contributed by atoms with Crippen molar-refractivity contribution < 1.29 is 14.6 Å². The van der Waals surface area contributed by atoms with E-state index in [-0.39, 0.29) is 29.0 Å². The first-order chi connectivity index (χ1) is 15.4. The van der Waals surface area contributed by atoms with E-state index in [9.17, 15) is 9.90 Å². The first-order valence-corrected chi connectivity index (χ1v) is 11.3. The minimum absolute atomic E-state index is 0.0632. The fourth-order valence-corrected chi connectivity index (χ4v) is 4.62. The summed E-state index contributed by atoms with van der Waals surface area (Å²) in [4.78, 5) is 23.8. The number of nitrogens with one attached hydrogen (secondary N) is 2. The van der Waals surface area contributed by atoms with Crippen LogP contribution in [0.5, 0.6) is 0 Å². The number of fused-ring (bicyclic) bond motifs is 1. The van der Waals surface area contributed by atoms with Gasteiger partial charge in [0.1, 0.15) is 12.0 Å². The van der Waals surface area contributed by atoms with Crippen molar-refractivity contribution in [2.24, 2.45) is 0 Å². The molecule has 3 N–H and O–H groups in total. The molecule has 1 unspecified atom stereocenters. The SMILES string of the molecule is Cc1ncnc(N2CC(C)(CCO)c3ccccc32)c1NC(=S)C(=O)NC1CCOCC1. The Morgan fingerprint density at radius 2 is 2.06 bits per heavy atom. The molecular weight excluding hydrogens is 426 g/mol. The zero-order chi connectivity index (χ0) is 22.7. The molecule has 2 aliphatic rings. The van der Waals surface area contributed by atoms with E-state index in [4.69, 9.17) is 17.0 Å². The van der Waals surface area contributed by atoms with Gasteiger partial charge in [-0.3, -0.25) is 4.79 Å². The van der Waals surface area contributed by atoms with Gasteiger partial charge in [-0.15, -0.1) is 0 Å². The summed E-state index contributed by atoms with van der Waals surface area (Å²) in [5, 5.41) is 15.8. The molecule has 1 fully saturated rings. The Balaban J connectivity index is 1.60. The number of carbonyl (C=O) groups excluding carboxylic acids is 1. The third-order valence-corrected chi connectivity index (χ3v) is 6.58. The van der Waals surface area contributed by atoms with Crippen LogP contribution in [0.1, 0.15) is 37.4 Å². The summed E-state index contributed by atoms with van der Waals surface area (Å²) in [5.41, 5.74) is 3.29. The number of anilines is 3. The lowest BCUT2D eigenvalue weighted by Crippen LogP contribution is -2.43. The molecule has 0 radical (unpaired) electrons. The van der Waals surface area contributed by atoms with Gasteiger partial charge in [-0.05, 0) is 37.8 Å². The maximum absolute atomic E-state index is 12.7. The molecule has 3 heterocycles. The van der Waals surface area contributed by atoms with Crippen LogP contribution in [0, 0.1) is 6.92 Å². The smallest absolute Gasteiger partial charge is 0.279 e. The molecule has 0 bridgehead atoms. The average molecular weight is 456 g/mol. The van der Waals surface area contributed by atoms with Gasteiger partial charge in [0.15, 0.2) is 10.8 Å². The van der Waals surface area contributed by atoms with E-state index in [0.29, 0.717) is 43.4 Å². The Morgan fingerprint density at radius 1 is 1.31 bits per heavy atom. The molecule has 8 nitrogen and oxygen atoms in total. The molecular formula is C23H29N5O3S. The number of hydrogen-bond donors (Lipinski definition) is 3. The van der Waals surface area contributed by atoms with Gasteiger partial charge in [0, 0.05) is 43.5 Å². The number of rotatable bonds is 5. The molecule has 9 heteroatoms. The van der Waals surface area contributed by atoms with Gasteiger partial charge in [-0.2, -0.15) is 0 Å².